The van der Waals surface area contributed by atoms with Gasteiger partial charge in [0.15, 0.2) is 0 Å². The van der Waals surface area contributed by atoms with E-state index in [9.17, 15) is 22.8 Å². The molecular formula is C19H12F3N3O4S. The summed E-state index contributed by atoms with van der Waals surface area (Å²) in [5, 5.41) is 2.19. The molecule has 0 aromatic carbocycles. The van der Waals surface area contributed by atoms with Gasteiger partial charge in [-0.15, -0.1) is 0 Å². The second kappa shape index (κ2) is 7.17. The van der Waals surface area contributed by atoms with Crippen molar-refractivity contribution in [2.45, 2.75) is 13.1 Å². The molecule has 3 aromatic rings. The summed E-state index contributed by atoms with van der Waals surface area (Å²) in [5.74, 6) is -0.777. The molecule has 1 aliphatic heterocycles. The number of methoxy groups -OCH3 is 1. The minimum atomic E-state index is -4.66. The zero-order chi connectivity index (χ0) is 21.6. The molecule has 0 saturated carbocycles. The van der Waals surface area contributed by atoms with Gasteiger partial charge < -0.3 is 9.15 Å². The molecule has 1 saturated heterocycles. The highest BCUT2D eigenvalue weighted by Crippen LogP contribution is 2.40. The highest BCUT2D eigenvalue weighted by molar-refractivity contribution is 8.18. The second-order valence-electron chi connectivity index (χ2n) is 6.29. The predicted octanol–water partition coefficient (Wildman–Crippen LogP) is 4.63. The van der Waals surface area contributed by atoms with E-state index < -0.39 is 28.8 Å². The summed E-state index contributed by atoms with van der Waals surface area (Å²) in [7, 11) is 1.11. The van der Waals surface area contributed by atoms with Crippen LogP contribution in [0.3, 0.4) is 0 Å². The summed E-state index contributed by atoms with van der Waals surface area (Å²) < 4.78 is 50.7. The number of ether oxygens (including phenoxy) is 1. The van der Waals surface area contributed by atoms with Crippen LogP contribution in [0.25, 0.3) is 27.7 Å². The van der Waals surface area contributed by atoms with Gasteiger partial charge in [-0.25, -0.2) is 4.98 Å². The van der Waals surface area contributed by atoms with E-state index in [2.05, 4.69) is 15.3 Å². The number of nitrogens with zero attached hydrogens (tertiary/aromatic N) is 2. The fourth-order valence-electron chi connectivity index (χ4n) is 2.99. The number of imide groups is 1. The lowest BCUT2D eigenvalue weighted by Gasteiger charge is -2.12. The Labute approximate surface area is 171 Å². The molecule has 2 amide bonds. The molecule has 1 N–H and O–H groups in total. The third kappa shape index (κ3) is 3.41. The lowest BCUT2D eigenvalue weighted by molar-refractivity contribution is -0.139. The molecule has 1 fully saturated rings. The Balaban J connectivity index is 1.86. The molecule has 3 aromatic heterocycles. The molecule has 154 valence electrons. The Bertz CT molecular complexity index is 1230. The van der Waals surface area contributed by atoms with E-state index in [1.807, 2.05) is 0 Å². The number of hydrogen-bond acceptors (Lipinski definition) is 7. The number of fused-ring (bicyclic) bond motifs is 1. The SMILES string of the molecule is COc1ncc(-c2cncc3cc(C(C)=C4SC(=O)NC4=O)oc23)cc1C(F)(F)F. The summed E-state index contributed by atoms with van der Waals surface area (Å²) >= 11 is 0.751. The summed E-state index contributed by atoms with van der Waals surface area (Å²) in [6, 6.07) is 2.52. The number of carbonyl (C=O) groups excluding carboxylic acids is 2. The number of carbonyl (C=O) groups is 2. The van der Waals surface area contributed by atoms with Crippen molar-refractivity contribution in [2.24, 2.45) is 0 Å². The molecule has 0 unspecified atom stereocenters. The number of nitrogens with one attached hydrogen (secondary N) is 1. The molecule has 7 nitrogen and oxygen atoms in total. The average molecular weight is 435 g/mol. The van der Waals surface area contributed by atoms with Crippen molar-refractivity contribution in [1.29, 1.82) is 0 Å². The van der Waals surface area contributed by atoms with Gasteiger partial charge in [0.1, 0.15) is 16.9 Å². The monoisotopic (exact) mass is 435 g/mol. The molecule has 0 radical (unpaired) electrons. The van der Waals surface area contributed by atoms with Crippen LogP contribution in [0.5, 0.6) is 5.88 Å². The smallest absolute Gasteiger partial charge is 0.421 e. The average Bonchev–Trinajstić information content (AvgIpc) is 3.28. The van der Waals surface area contributed by atoms with Gasteiger partial charge in [0.2, 0.25) is 5.88 Å². The van der Waals surface area contributed by atoms with E-state index in [1.54, 1.807) is 13.0 Å². The van der Waals surface area contributed by atoms with Gasteiger partial charge in [-0.1, -0.05) is 0 Å². The number of pyridine rings is 2. The zero-order valence-corrected chi connectivity index (χ0v) is 16.3. The number of rotatable bonds is 3. The van der Waals surface area contributed by atoms with Crippen LogP contribution >= 0.6 is 11.8 Å². The third-order valence-electron chi connectivity index (χ3n) is 4.41. The van der Waals surface area contributed by atoms with Crippen LogP contribution in [-0.4, -0.2) is 28.2 Å². The molecule has 4 rings (SSSR count). The van der Waals surface area contributed by atoms with E-state index in [-0.39, 0.29) is 21.6 Å². The van der Waals surface area contributed by atoms with Crippen LogP contribution in [0.4, 0.5) is 18.0 Å². The standard InChI is InChI=1S/C19H12F3N3O4S/c1-8(15-16(26)25-18(27)30-15)13-4-10-5-23-7-11(14(10)29-13)9-3-12(19(20,21)22)17(28-2)24-6-9/h3-7H,1-2H3,(H,25,26,27). The minimum Gasteiger partial charge on any atom is -0.481 e. The highest BCUT2D eigenvalue weighted by atomic mass is 32.2. The Hall–Kier alpha value is -3.34. The van der Waals surface area contributed by atoms with Crippen molar-refractivity contribution < 1.29 is 31.9 Å². The number of halogens is 3. The Kier molecular flexibility index (Phi) is 4.77. The van der Waals surface area contributed by atoms with E-state index in [0.717, 1.165) is 24.9 Å². The number of alkyl halides is 3. The number of furan rings is 1. The van der Waals surface area contributed by atoms with Gasteiger partial charge in [-0.05, 0) is 30.8 Å². The molecule has 0 aliphatic carbocycles. The molecule has 1 aliphatic rings. The lowest BCUT2D eigenvalue weighted by atomic mass is 10.1. The van der Waals surface area contributed by atoms with Crippen molar-refractivity contribution in [2.75, 3.05) is 7.11 Å². The molecule has 0 bridgehead atoms. The highest BCUT2D eigenvalue weighted by Gasteiger charge is 2.36. The summed E-state index contributed by atoms with van der Waals surface area (Å²) in [5.41, 5.74) is 0.0960. The molecular weight excluding hydrogens is 423 g/mol. The van der Waals surface area contributed by atoms with E-state index >= 15 is 0 Å². The Morgan fingerprint density at radius 3 is 2.60 bits per heavy atom. The largest absolute Gasteiger partial charge is 0.481 e. The number of hydrogen-bond donors (Lipinski definition) is 1. The van der Waals surface area contributed by atoms with E-state index in [0.29, 0.717) is 16.7 Å². The van der Waals surface area contributed by atoms with Crippen LogP contribution < -0.4 is 10.1 Å². The van der Waals surface area contributed by atoms with Crippen molar-refractivity contribution in [3.05, 3.63) is 47.0 Å². The molecule has 11 heteroatoms. The first kappa shape index (κ1) is 20.0. The first-order valence-electron chi connectivity index (χ1n) is 8.42. The molecule has 0 spiro atoms. The first-order chi connectivity index (χ1) is 14.2. The van der Waals surface area contributed by atoms with Gasteiger partial charge >= 0.3 is 6.18 Å². The maximum Gasteiger partial charge on any atom is 0.421 e. The van der Waals surface area contributed by atoms with E-state index in [1.165, 1.54) is 18.6 Å². The lowest BCUT2D eigenvalue weighted by Crippen LogP contribution is -2.18. The summed E-state index contributed by atoms with van der Waals surface area (Å²) in [4.78, 5) is 31.3. The number of aromatic nitrogens is 2. The van der Waals surface area contributed by atoms with Crippen molar-refractivity contribution in [1.82, 2.24) is 15.3 Å². The van der Waals surface area contributed by atoms with Crippen LogP contribution in [-0.2, 0) is 11.0 Å². The van der Waals surface area contributed by atoms with Gasteiger partial charge in [0.25, 0.3) is 11.1 Å². The van der Waals surface area contributed by atoms with Crippen LogP contribution in [0.2, 0.25) is 0 Å². The van der Waals surface area contributed by atoms with Gasteiger partial charge in [0, 0.05) is 40.7 Å². The third-order valence-corrected chi connectivity index (χ3v) is 5.39. The van der Waals surface area contributed by atoms with Gasteiger partial charge in [-0.2, -0.15) is 13.2 Å². The van der Waals surface area contributed by atoms with E-state index in [4.69, 9.17) is 9.15 Å². The topological polar surface area (TPSA) is 94.3 Å². The quantitative estimate of drug-likeness (QED) is 0.600. The maximum atomic E-state index is 13.4. The summed E-state index contributed by atoms with van der Waals surface area (Å²) in [6.07, 6.45) is -0.581. The van der Waals surface area contributed by atoms with Crippen molar-refractivity contribution in [3.63, 3.8) is 0 Å². The van der Waals surface area contributed by atoms with Crippen molar-refractivity contribution >= 4 is 39.5 Å². The van der Waals surface area contributed by atoms with Gasteiger partial charge in [0.05, 0.1) is 12.0 Å². The maximum absolute atomic E-state index is 13.4. The fourth-order valence-corrected chi connectivity index (χ4v) is 3.72. The minimum absolute atomic E-state index is 0.135. The Morgan fingerprint density at radius 1 is 1.20 bits per heavy atom. The Morgan fingerprint density at radius 2 is 1.97 bits per heavy atom. The predicted molar refractivity (Wildman–Crippen MR) is 103 cm³/mol. The fraction of sp³-hybridized carbons (Fsp3) is 0.158. The first-order valence-corrected chi connectivity index (χ1v) is 9.24. The number of thioether (sulfide) groups is 1. The zero-order valence-electron chi connectivity index (χ0n) is 15.5. The molecule has 0 atom stereocenters. The molecule has 4 heterocycles. The second-order valence-corrected chi connectivity index (χ2v) is 7.28. The van der Waals surface area contributed by atoms with Crippen LogP contribution in [0.15, 0.2) is 40.0 Å². The van der Waals surface area contributed by atoms with Crippen LogP contribution in [0, 0.1) is 0 Å². The number of allylic oxidation sites excluding steroid dienone is 1. The van der Waals surface area contributed by atoms with Crippen LogP contribution in [0.1, 0.15) is 18.2 Å². The molecule has 30 heavy (non-hydrogen) atoms. The number of amides is 2. The van der Waals surface area contributed by atoms with Gasteiger partial charge in [-0.3, -0.25) is 19.9 Å². The normalized spacial score (nSPS) is 16.2. The summed E-state index contributed by atoms with van der Waals surface area (Å²) in [6.45, 7) is 1.61. The van der Waals surface area contributed by atoms with Crippen molar-refractivity contribution in [3.8, 4) is 17.0 Å².